The third-order valence-corrected chi connectivity index (χ3v) is 5.22. The van der Waals surface area contributed by atoms with Gasteiger partial charge in [0.2, 0.25) is 0 Å². The Kier molecular flexibility index (Phi) is 2.18. The molecule has 0 spiro atoms. The maximum absolute atomic E-state index is 10.4. The second kappa shape index (κ2) is 3.33. The molecule has 0 radical (unpaired) electrons. The fourth-order valence-electron chi connectivity index (χ4n) is 3.50. The number of aliphatic hydroxyl groups is 1. The van der Waals surface area contributed by atoms with E-state index in [1.807, 2.05) is 11.3 Å². The highest BCUT2D eigenvalue weighted by Crippen LogP contribution is 2.62. The van der Waals surface area contributed by atoms with Gasteiger partial charge in [-0.05, 0) is 56.1 Å². The van der Waals surface area contributed by atoms with E-state index in [9.17, 15) is 5.11 Å². The lowest BCUT2D eigenvalue weighted by Crippen LogP contribution is -2.04. The molecule has 2 fully saturated rings. The Morgan fingerprint density at radius 1 is 1.33 bits per heavy atom. The van der Waals surface area contributed by atoms with Crippen molar-refractivity contribution >= 4 is 11.3 Å². The van der Waals surface area contributed by atoms with E-state index in [1.54, 1.807) is 0 Å². The Morgan fingerprint density at radius 2 is 2.00 bits per heavy atom. The quantitative estimate of drug-likeness (QED) is 0.812. The molecule has 3 unspecified atom stereocenters. The monoisotopic (exact) mass is 222 g/mol. The zero-order valence-corrected chi connectivity index (χ0v) is 10.2. The van der Waals surface area contributed by atoms with E-state index >= 15 is 0 Å². The first kappa shape index (κ1) is 9.86. The average Bonchev–Trinajstić information content (AvgIpc) is 2.58. The second-order valence-electron chi connectivity index (χ2n) is 5.15. The Bertz CT molecular complexity index is 372. The number of rotatable bonds is 2. The predicted molar refractivity (Wildman–Crippen MR) is 63.1 cm³/mol. The van der Waals surface area contributed by atoms with Gasteiger partial charge in [-0.1, -0.05) is 6.42 Å². The standard InChI is InChI=1S/C13H18OS/c1-7-6-11(8(2)15-7)13(14)12-9-4-3-5-10(9)12/h6,9-10,12-14H,3-5H2,1-2H3. The van der Waals surface area contributed by atoms with Crippen LogP contribution in [0.3, 0.4) is 0 Å². The molecule has 2 aliphatic carbocycles. The molecule has 2 aliphatic rings. The molecular formula is C13H18OS. The molecular weight excluding hydrogens is 204 g/mol. The van der Waals surface area contributed by atoms with E-state index in [0.29, 0.717) is 5.92 Å². The number of fused-ring (bicyclic) bond motifs is 1. The van der Waals surface area contributed by atoms with Crippen LogP contribution >= 0.6 is 11.3 Å². The fraction of sp³-hybridized carbons (Fsp3) is 0.692. The normalized spacial score (nSPS) is 35.3. The summed E-state index contributed by atoms with van der Waals surface area (Å²) in [5.74, 6) is 2.28. The maximum atomic E-state index is 10.4. The van der Waals surface area contributed by atoms with Crippen LogP contribution in [-0.2, 0) is 0 Å². The molecule has 1 aromatic heterocycles. The molecule has 3 atom stereocenters. The van der Waals surface area contributed by atoms with Gasteiger partial charge in [0.15, 0.2) is 0 Å². The molecule has 0 aliphatic heterocycles. The summed E-state index contributed by atoms with van der Waals surface area (Å²) in [7, 11) is 0. The topological polar surface area (TPSA) is 20.2 Å². The summed E-state index contributed by atoms with van der Waals surface area (Å²) in [6.07, 6.45) is 3.92. The van der Waals surface area contributed by atoms with Gasteiger partial charge in [0.25, 0.3) is 0 Å². The third-order valence-electron chi connectivity index (χ3n) is 4.24. The van der Waals surface area contributed by atoms with Gasteiger partial charge in [-0.25, -0.2) is 0 Å². The molecule has 3 rings (SSSR count). The lowest BCUT2D eigenvalue weighted by atomic mass is 10.00. The fourth-order valence-corrected chi connectivity index (χ4v) is 4.46. The van der Waals surface area contributed by atoms with E-state index in [2.05, 4.69) is 19.9 Å². The lowest BCUT2D eigenvalue weighted by Gasteiger charge is -2.12. The van der Waals surface area contributed by atoms with E-state index in [4.69, 9.17) is 0 Å². The third kappa shape index (κ3) is 1.46. The summed E-state index contributed by atoms with van der Waals surface area (Å²) >= 11 is 1.81. The van der Waals surface area contributed by atoms with Gasteiger partial charge in [0.05, 0.1) is 6.10 Å². The highest BCUT2D eigenvalue weighted by Gasteiger charge is 2.56. The van der Waals surface area contributed by atoms with Crippen LogP contribution in [0.5, 0.6) is 0 Å². The minimum Gasteiger partial charge on any atom is -0.388 e. The molecule has 15 heavy (non-hydrogen) atoms. The Morgan fingerprint density at radius 3 is 2.53 bits per heavy atom. The van der Waals surface area contributed by atoms with E-state index in [-0.39, 0.29) is 6.10 Å². The zero-order chi connectivity index (χ0) is 10.6. The smallest absolute Gasteiger partial charge is 0.0834 e. The summed E-state index contributed by atoms with van der Waals surface area (Å²) in [4.78, 5) is 2.64. The predicted octanol–water partition coefficient (Wildman–Crippen LogP) is 3.44. The van der Waals surface area contributed by atoms with Crippen molar-refractivity contribution in [3.8, 4) is 0 Å². The first-order valence-electron chi connectivity index (χ1n) is 5.93. The molecule has 1 aromatic rings. The lowest BCUT2D eigenvalue weighted by molar-refractivity contribution is 0.137. The molecule has 1 heterocycles. The van der Waals surface area contributed by atoms with E-state index < -0.39 is 0 Å². The Labute approximate surface area is 95.1 Å². The van der Waals surface area contributed by atoms with Gasteiger partial charge in [0, 0.05) is 9.75 Å². The first-order valence-corrected chi connectivity index (χ1v) is 6.75. The molecule has 1 N–H and O–H groups in total. The van der Waals surface area contributed by atoms with Crippen molar-refractivity contribution in [3.05, 3.63) is 21.4 Å². The number of hydrogen-bond donors (Lipinski definition) is 1. The Balaban J connectivity index is 1.80. The summed E-state index contributed by atoms with van der Waals surface area (Å²) in [6, 6.07) is 2.18. The van der Waals surface area contributed by atoms with Gasteiger partial charge < -0.3 is 5.11 Å². The van der Waals surface area contributed by atoms with Gasteiger partial charge >= 0.3 is 0 Å². The van der Waals surface area contributed by atoms with Gasteiger partial charge in [-0.3, -0.25) is 0 Å². The van der Waals surface area contributed by atoms with Gasteiger partial charge in [0.1, 0.15) is 0 Å². The van der Waals surface area contributed by atoms with Gasteiger partial charge in [-0.15, -0.1) is 11.3 Å². The SMILES string of the molecule is Cc1cc(C(O)C2C3CCCC32)c(C)s1. The number of aryl methyl sites for hydroxylation is 2. The number of thiophene rings is 1. The van der Waals surface area contributed by atoms with Crippen LogP contribution in [0.1, 0.15) is 40.7 Å². The minimum absolute atomic E-state index is 0.176. The summed E-state index contributed by atoms with van der Waals surface area (Å²) < 4.78 is 0. The summed E-state index contributed by atoms with van der Waals surface area (Å²) in [5, 5.41) is 10.4. The van der Waals surface area contributed by atoms with E-state index in [1.165, 1.54) is 34.6 Å². The number of aliphatic hydroxyl groups excluding tert-OH is 1. The molecule has 2 heteroatoms. The van der Waals surface area contributed by atoms with Crippen LogP contribution in [0.4, 0.5) is 0 Å². The zero-order valence-electron chi connectivity index (χ0n) is 9.36. The molecule has 0 saturated heterocycles. The average molecular weight is 222 g/mol. The van der Waals surface area contributed by atoms with Crippen molar-refractivity contribution in [2.24, 2.45) is 17.8 Å². The molecule has 82 valence electrons. The van der Waals surface area contributed by atoms with Crippen LogP contribution in [0.15, 0.2) is 6.07 Å². The Hall–Kier alpha value is -0.340. The highest BCUT2D eigenvalue weighted by molar-refractivity contribution is 7.12. The van der Waals surface area contributed by atoms with Crippen LogP contribution in [-0.4, -0.2) is 5.11 Å². The van der Waals surface area contributed by atoms with Crippen LogP contribution in [0, 0.1) is 31.6 Å². The largest absolute Gasteiger partial charge is 0.388 e. The van der Waals surface area contributed by atoms with Crippen molar-refractivity contribution in [2.75, 3.05) is 0 Å². The number of hydrogen-bond acceptors (Lipinski definition) is 2. The van der Waals surface area contributed by atoms with Crippen molar-refractivity contribution in [1.82, 2.24) is 0 Å². The van der Waals surface area contributed by atoms with E-state index in [0.717, 1.165) is 11.8 Å². The summed E-state index contributed by atoms with van der Waals surface area (Å²) in [6.45, 7) is 4.26. The molecule has 1 nitrogen and oxygen atoms in total. The van der Waals surface area contributed by atoms with Crippen molar-refractivity contribution < 1.29 is 5.11 Å². The first-order chi connectivity index (χ1) is 7.18. The maximum Gasteiger partial charge on any atom is 0.0834 e. The van der Waals surface area contributed by atoms with Crippen molar-refractivity contribution in [1.29, 1.82) is 0 Å². The molecule has 2 saturated carbocycles. The van der Waals surface area contributed by atoms with Crippen LogP contribution in [0.2, 0.25) is 0 Å². The highest BCUT2D eigenvalue weighted by atomic mass is 32.1. The van der Waals surface area contributed by atoms with Crippen molar-refractivity contribution in [2.45, 2.75) is 39.2 Å². The van der Waals surface area contributed by atoms with Crippen molar-refractivity contribution in [3.63, 3.8) is 0 Å². The second-order valence-corrected chi connectivity index (χ2v) is 6.61. The minimum atomic E-state index is -0.176. The molecule has 0 amide bonds. The molecule has 0 bridgehead atoms. The molecule has 0 aromatic carbocycles. The van der Waals surface area contributed by atoms with Crippen LogP contribution in [0.25, 0.3) is 0 Å². The summed E-state index contributed by atoms with van der Waals surface area (Å²) in [5.41, 5.74) is 1.21. The van der Waals surface area contributed by atoms with Crippen LogP contribution < -0.4 is 0 Å². The van der Waals surface area contributed by atoms with Gasteiger partial charge in [-0.2, -0.15) is 0 Å².